The number of imidazole rings is 1. The largest absolute Gasteiger partial charge is 0.338 e. The summed E-state index contributed by atoms with van der Waals surface area (Å²) in [6.45, 7) is 2.06. The van der Waals surface area contributed by atoms with Crippen LogP contribution in [0.5, 0.6) is 0 Å². The molecule has 1 aromatic heterocycles. The van der Waals surface area contributed by atoms with Crippen LogP contribution in [0.2, 0.25) is 0 Å². The van der Waals surface area contributed by atoms with Gasteiger partial charge in [0.2, 0.25) is 0 Å². The van der Waals surface area contributed by atoms with E-state index in [1.165, 1.54) is 5.56 Å². The number of benzene rings is 3. The summed E-state index contributed by atoms with van der Waals surface area (Å²) in [4.78, 5) is 20.2. The minimum atomic E-state index is -0.127. The average molecular weight is 353 g/mol. The zero-order valence-corrected chi connectivity index (χ0v) is 14.9. The van der Waals surface area contributed by atoms with Crippen LogP contribution in [0.25, 0.3) is 22.6 Å². The average Bonchev–Trinajstić information content (AvgIpc) is 3.20. The summed E-state index contributed by atoms with van der Waals surface area (Å²) >= 11 is 0. The second-order valence-corrected chi connectivity index (χ2v) is 6.41. The van der Waals surface area contributed by atoms with Gasteiger partial charge in [-0.3, -0.25) is 4.79 Å². The molecule has 4 aromatic rings. The molecule has 0 aliphatic heterocycles. The molecule has 0 aliphatic rings. The Hall–Kier alpha value is -3.66. The van der Waals surface area contributed by atoms with Gasteiger partial charge < -0.3 is 10.3 Å². The van der Waals surface area contributed by atoms with Crippen molar-refractivity contribution < 1.29 is 4.79 Å². The van der Waals surface area contributed by atoms with E-state index in [2.05, 4.69) is 46.5 Å². The van der Waals surface area contributed by atoms with Crippen LogP contribution in [-0.4, -0.2) is 15.9 Å². The van der Waals surface area contributed by atoms with Crippen LogP contribution in [0.4, 0.5) is 5.69 Å². The first-order chi connectivity index (χ1) is 13.2. The molecular formula is C23H19N3O. The Bertz CT molecular complexity index is 1070. The highest BCUT2D eigenvalue weighted by Gasteiger charge is 2.08. The molecule has 0 unspecified atom stereocenters. The molecule has 0 aliphatic carbocycles. The summed E-state index contributed by atoms with van der Waals surface area (Å²) in [5, 5.41) is 2.94. The zero-order chi connectivity index (χ0) is 18.6. The SMILES string of the molecule is Cc1ccc(-c2ncc(-c3cccc(NC(=O)c4ccccc4)c3)[nH]2)cc1. The molecule has 4 heteroatoms. The molecule has 0 saturated heterocycles. The monoisotopic (exact) mass is 353 g/mol. The third kappa shape index (κ3) is 3.80. The number of nitrogens with zero attached hydrogens (tertiary/aromatic N) is 1. The van der Waals surface area contributed by atoms with E-state index in [1.54, 1.807) is 12.1 Å². The van der Waals surface area contributed by atoms with Gasteiger partial charge in [-0.05, 0) is 31.2 Å². The number of H-pyrrole nitrogens is 1. The maximum absolute atomic E-state index is 12.3. The number of rotatable bonds is 4. The summed E-state index contributed by atoms with van der Waals surface area (Å²) in [5.74, 6) is 0.696. The van der Waals surface area contributed by atoms with E-state index in [-0.39, 0.29) is 5.91 Å². The van der Waals surface area contributed by atoms with E-state index < -0.39 is 0 Å². The minimum absolute atomic E-state index is 0.127. The van der Waals surface area contributed by atoms with Crippen molar-refractivity contribution in [3.8, 4) is 22.6 Å². The Morgan fingerprint density at radius 3 is 2.44 bits per heavy atom. The molecule has 1 heterocycles. The number of anilines is 1. The van der Waals surface area contributed by atoms with Gasteiger partial charge in [-0.25, -0.2) is 4.98 Å². The Balaban J connectivity index is 1.56. The van der Waals surface area contributed by atoms with Gasteiger partial charge >= 0.3 is 0 Å². The molecule has 0 fully saturated rings. The molecule has 1 amide bonds. The van der Waals surface area contributed by atoms with E-state index >= 15 is 0 Å². The van der Waals surface area contributed by atoms with Crippen molar-refractivity contribution >= 4 is 11.6 Å². The fraction of sp³-hybridized carbons (Fsp3) is 0.0435. The van der Waals surface area contributed by atoms with E-state index in [9.17, 15) is 4.79 Å². The number of carbonyl (C=O) groups is 1. The smallest absolute Gasteiger partial charge is 0.255 e. The topological polar surface area (TPSA) is 57.8 Å². The first kappa shape index (κ1) is 16.8. The van der Waals surface area contributed by atoms with Crippen molar-refractivity contribution in [1.82, 2.24) is 9.97 Å². The fourth-order valence-electron chi connectivity index (χ4n) is 2.88. The van der Waals surface area contributed by atoms with Crippen LogP contribution >= 0.6 is 0 Å². The van der Waals surface area contributed by atoms with Gasteiger partial charge in [0.05, 0.1) is 11.9 Å². The van der Waals surface area contributed by atoms with Gasteiger partial charge in [0, 0.05) is 22.4 Å². The summed E-state index contributed by atoms with van der Waals surface area (Å²) in [6, 6.07) is 25.1. The molecule has 132 valence electrons. The predicted molar refractivity (Wildman–Crippen MR) is 109 cm³/mol. The van der Waals surface area contributed by atoms with Gasteiger partial charge in [-0.1, -0.05) is 60.2 Å². The summed E-state index contributed by atoms with van der Waals surface area (Å²) in [6.07, 6.45) is 1.81. The van der Waals surface area contributed by atoms with Crippen molar-refractivity contribution in [3.05, 3.63) is 96.2 Å². The third-order valence-corrected chi connectivity index (χ3v) is 4.37. The van der Waals surface area contributed by atoms with Crippen molar-refractivity contribution in [2.24, 2.45) is 0 Å². The van der Waals surface area contributed by atoms with Gasteiger partial charge in [0.25, 0.3) is 5.91 Å². The molecular weight excluding hydrogens is 334 g/mol. The van der Waals surface area contributed by atoms with Crippen LogP contribution < -0.4 is 5.32 Å². The van der Waals surface area contributed by atoms with Crippen LogP contribution in [0.15, 0.2) is 85.1 Å². The number of amides is 1. The summed E-state index contributed by atoms with van der Waals surface area (Å²) in [5.41, 5.74) is 5.50. The molecule has 27 heavy (non-hydrogen) atoms. The highest BCUT2D eigenvalue weighted by atomic mass is 16.1. The lowest BCUT2D eigenvalue weighted by Gasteiger charge is -2.07. The maximum atomic E-state index is 12.3. The standard InChI is InChI=1S/C23H19N3O/c1-16-10-12-17(13-11-16)22-24-15-21(26-22)19-8-5-9-20(14-19)25-23(27)18-6-3-2-4-7-18/h2-15H,1H3,(H,24,26)(H,25,27). The minimum Gasteiger partial charge on any atom is -0.338 e. The van der Waals surface area contributed by atoms with Gasteiger partial charge in [-0.2, -0.15) is 0 Å². The number of aromatic nitrogens is 2. The van der Waals surface area contributed by atoms with Crippen molar-refractivity contribution in [3.63, 3.8) is 0 Å². The number of carbonyl (C=O) groups excluding carboxylic acids is 1. The van der Waals surface area contributed by atoms with Gasteiger partial charge in [-0.15, -0.1) is 0 Å². The van der Waals surface area contributed by atoms with Crippen LogP contribution in [0.3, 0.4) is 0 Å². The van der Waals surface area contributed by atoms with E-state index in [4.69, 9.17) is 0 Å². The quantitative estimate of drug-likeness (QED) is 0.523. The summed E-state index contributed by atoms with van der Waals surface area (Å²) < 4.78 is 0. The fourth-order valence-corrected chi connectivity index (χ4v) is 2.88. The highest BCUT2D eigenvalue weighted by molar-refractivity contribution is 6.04. The number of nitrogens with one attached hydrogen (secondary N) is 2. The molecule has 0 bridgehead atoms. The number of hydrogen-bond donors (Lipinski definition) is 2. The summed E-state index contributed by atoms with van der Waals surface area (Å²) in [7, 11) is 0. The van der Waals surface area contributed by atoms with E-state index in [1.807, 2.05) is 48.7 Å². The number of hydrogen-bond acceptors (Lipinski definition) is 2. The third-order valence-electron chi connectivity index (χ3n) is 4.37. The molecule has 2 N–H and O–H groups in total. The second kappa shape index (κ2) is 7.30. The normalized spacial score (nSPS) is 10.6. The van der Waals surface area contributed by atoms with Crippen LogP contribution in [0, 0.1) is 6.92 Å². The first-order valence-electron chi connectivity index (χ1n) is 8.78. The molecule has 4 rings (SSSR count). The highest BCUT2D eigenvalue weighted by Crippen LogP contribution is 2.24. The van der Waals surface area contributed by atoms with Crippen molar-refractivity contribution in [2.75, 3.05) is 5.32 Å². The zero-order valence-electron chi connectivity index (χ0n) is 14.9. The molecule has 0 saturated carbocycles. The Morgan fingerprint density at radius 1 is 0.889 bits per heavy atom. The molecule has 0 atom stereocenters. The first-order valence-corrected chi connectivity index (χ1v) is 8.78. The number of aromatic amines is 1. The van der Waals surface area contributed by atoms with E-state index in [0.717, 1.165) is 28.3 Å². The Labute approximate surface area is 157 Å². The lowest BCUT2D eigenvalue weighted by atomic mass is 10.1. The van der Waals surface area contributed by atoms with E-state index in [0.29, 0.717) is 5.56 Å². The second-order valence-electron chi connectivity index (χ2n) is 6.41. The molecule has 4 nitrogen and oxygen atoms in total. The molecule has 0 spiro atoms. The number of aryl methyl sites for hydroxylation is 1. The van der Waals surface area contributed by atoms with Gasteiger partial charge in [0.1, 0.15) is 5.82 Å². The predicted octanol–water partition coefficient (Wildman–Crippen LogP) is 5.30. The van der Waals surface area contributed by atoms with Crippen molar-refractivity contribution in [1.29, 1.82) is 0 Å². The lowest BCUT2D eigenvalue weighted by molar-refractivity contribution is 0.102. The van der Waals surface area contributed by atoms with Crippen molar-refractivity contribution in [2.45, 2.75) is 6.92 Å². The molecule has 0 radical (unpaired) electrons. The Kier molecular flexibility index (Phi) is 4.54. The Morgan fingerprint density at radius 2 is 1.67 bits per heavy atom. The van der Waals surface area contributed by atoms with Crippen LogP contribution in [-0.2, 0) is 0 Å². The maximum Gasteiger partial charge on any atom is 0.255 e. The van der Waals surface area contributed by atoms with Gasteiger partial charge in [0.15, 0.2) is 0 Å². The van der Waals surface area contributed by atoms with Crippen LogP contribution in [0.1, 0.15) is 15.9 Å². The lowest BCUT2D eigenvalue weighted by Crippen LogP contribution is -2.11. The molecule has 3 aromatic carbocycles.